The van der Waals surface area contributed by atoms with Crippen molar-refractivity contribution in [3.05, 3.63) is 47.7 Å². The highest BCUT2D eigenvalue weighted by atomic mass is 15.3. The molecule has 0 unspecified atom stereocenters. The first-order valence-electron chi connectivity index (χ1n) is 8.89. The number of aryl methyl sites for hydroxylation is 2. The topological polar surface area (TPSA) is 84.1 Å². The molecule has 4 rings (SSSR count). The zero-order valence-corrected chi connectivity index (χ0v) is 15.2. The zero-order valence-electron chi connectivity index (χ0n) is 15.2. The van der Waals surface area contributed by atoms with Gasteiger partial charge in [0.05, 0.1) is 23.4 Å². The van der Waals surface area contributed by atoms with Gasteiger partial charge in [-0.05, 0) is 26.0 Å². The predicted molar refractivity (Wildman–Crippen MR) is 103 cm³/mol. The van der Waals surface area contributed by atoms with E-state index in [1.807, 2.05) is 44.3 Å². The summed E-state index contributed by atoms with van der Waals surface area (Å²) in [4.78, 5) is 22.9. The molecule has 0 radical (unpaired) electrons. The molecule has 26 heavy (non-hydrogen) atoms. The smallest absolute Gasteiger partial charge is 0.150 e. The van der Waals surface area contributed by atoms with Gasteiger partial charge in [0.1, 0.15) is 17.5 Å². The number of para-hydroxylation sites is 1. The Bertz CT molecular complexity index is 932. The summed E-state index contributed by atoms with van der Waals surface area (Å²) in [6, 6.07) is 7.87. The van der Waals surface area contributed by atoms with Crippen LogP contribution in [0, 0.1) is 13.8 Å². The zero-order chi connectivity index (χ0) is 18.1. The van der Waals surface area contributed by atoms with Crippen molar-refractivity contribution < 1.29 is 0 Å². The molecule has 0 amide bonds. The molecule has 2 aromatic heterocycles. The summed E-state index contributed by atoms with van der Waals surface area (Å²) >= 11 is 0. The third-order valence-corrected chi connectivity index (χ3v) is 4.77. The minimum absolute atomic E-state index is 0.551. The summed E-state index contributed by atoms with van der Waals surface area (Å²) < 4.78 is 0. The van der Waals surface area contributed by atoms with Gasteiger partial charge in [0.15, 0.2) is 0 Å². The molecule has 1 saturated heterocycles. The molecule has 134 valence electrons. The van der Waals surface area contributed by atoms with Crippen molar-refractivity contribution in [1.29, 1.82) is 0 Å². The molecular weight excluding hydrogens is 326 g/mol. The van der Waals surface area contributed by atoms with E-state index in [1.54, 1.807) is 0 Å². The second-order valence-corrected chi connectivity index (χ2v) is 6.73. The van der Waals surface area contributed by atoms with E-state index in [0.717, 1.165) is 60.1 Å². The Kier molecular flexibility index (Phi) is 4.38. The van der Waals surface area contributed by atoms with Crippen molar-refractivity contribution in [3.8, 4) is 0 Å². The Morgan fingerprint density at radius 2 is 1.77 bits per heavy atom. The van der Waals surface area contributed by atoms with E-state index < -0.39 is 0 Å². The van der Waals surface area contributed by atoms with Crippen LogP contribution in [-0.4, -0.2) is 51.0 Å². The van der Waals surface area contributed by atoms with Gasteiger partial charge in [-0.2, -0.15) is 0 Å². The maximum atomic E-state index is 6.10. The van der Waals surface area contributed by atoms with Gasteiger partial charge in [-0.1, -0.05) is 12.1 Å². The molecule has 0 aliphatic carbocycles. The highest BCUT2D eigenvalue weighted by Gasteiger charge is 2.21. The molecule has 1 fully saturated rings. The van der Waals surface area contributed by atoms with Crippen LogP contribution in [0.1, 0.15) is 17.2 Å². The Hall–Kier alpha value is -2.80. The molecule has 1 aliphatic heterocycles. The van der Waals surface area contributed by atoms with E-state index in [1.165, 1.54) is 0 Å². The monoisotopic (exact) mass is 349 g/mol. The molecule has 0 atom stereocenters. The molecule has 7 heteroatoms. The lowest BCUT2D eigenvalue weighted by atomic mass is 10.2. The molecule has 7 nitrogen and oxygen atoms in total. The average molecular weight is 349 g/mol. The standard InChI is InChI=1S/C19H23N7/c1-13-11-21-14(2)19(22-13)26-9-7-25(8-10-26)12-17-23-16-6-4-3-5-15(16)18(20)24-17/h3-6,11H,7-10,12H2,1-2H3,(H2,20,23,24). The highest BCUT2D eigenvalue weighted by molar-refractivity contribution is 5.87. The Balaban J connectivity index is 1.45. The summed E-state index contributed by atoms with van der Waals surface area (Å²) in [7, 11) is 0. The van der Waals surface area contributed by atoms with Crippen molar-refractivity contribution in [3.63, 3.8) is 0 Å². The first kappa shape index (κ1) is 16.7. The minimum Gasteiger partial charge on any atom is -0.383 e. The molecule has 3 heterocycles. The summed E-state index contributed by atoms with van der Waals surface area (Å²) in [5.41, 5.74) is 8.93. The lowest BCUT2D eigenvalue weighted by Crippen LogP contribution is -2.46. The first-order valence-corrected chi connectivity index (χ1v) is 8.89. The molecule has 0 saturated carbocycles. The molecule has 0 spiro atoms. The number of fused-ring (bicyclic) bond motifs is 1. The van der Waals surface area contributed by atoms with Gasteiger partial charge >= 0.3 is 0 Å². The number of aromatic nitrogens is 4. The highest BCUT2D eigenvalue weighted by Crippen LogP contribution is 2.20. The van der Waals surface area contributed by atoms with Crippen molar-refractivity contribution in [2.45, 2.75) is 20.4 Å². The van der Waals surface area contributed by atoms with Crippen molar-refractivity contribution in [2.24, 2.45) is 0 Å². The van der Waals surface area contributed by atoms with E-state index >= 15 is 0 Å². The maximum absolute atomic E-state index is 6.10. The van der Waals surface area contributed by atoms with Gasteiger partial charge in [0.25, 0.3) is 0 Å². The summed E-state index contributed by atoms with van der Waals surface area (Å²) in [5.74, 6) is 2.33. The van der Waals surface area contributed by atoms with Crippen LogP contribution in [0.5, 0.6) is 0 Å². The van der Waals surface area contributed by atoms with Crippen LogP contribution in [0.25, 0.3) is 10.9 Å². The lowest BCUT2D eigenvalue weighted by Gasteiger charge is -2.35. The van der Waals surface area contributed by atoms with Crippen LogP contribution in [0.15, 0.2) is 30.5 Å². The number of piperazine rings is 1. The fraction of sp³-hybridized carbons (Fsp3) is 0.368. The Morgan fingerprint density at radius 3 is 2.58 bits per heavy atom. The molecule has 2 N–H and O–H groups in total. The molecular formula is C19H23N7. The van der Waals surface area contributed by atoms with Crippen LogP contribution in [0.4, 0.5) is 11.6 Å². The number of hydrogen-bond acceptors (Lipinski definition) is 7. The maximum Gasteiger partial charge on any atom is 0.150 e. The number of nitrogens with two attached hydrogens (primary N) is 1. The quantitative estimate of drug-likeness (QED) is 0.773. The van der Waals surface area contributed by atoms with Gasteiger partial charge in [0.2, 0.25) is 0 Å². The Labute approximate surface area is 152 Å². The molecule has 3 aromatic rings. The normalized spacial score (nSPS) is 15.5. The number of benzene rings is 1. The fourth-order valence-electron chi connectivity index (χ4n) is 3.36. The predicted octanol–water partition coefficient (Wildman–Crippen LogP) is 1.94. The molecule has 1 aliphatic rings. The van der Waals surface area contributed by atoms with Crippen LogP contribution in [0.2, 0.25) is 0 Å². The second-order valence-electron chi connectivity index (χ2n) is 6.73. The first-order chi connectivity index (χ1) is 12.6. The number of nitrogens with zero attached hydrogens (tertiary/aromatic N) is 6. The lowest BCUT2D eigenvalue weighted by molar-refractivity contribution is 0.243. The van der Waals surface area contributed by atoms with E-state index in [2.05, 4.69) is 29.7 Å². The van der Waals surface area contributed by atoms with E-state index in [0.29, 0.717) is 12.4 Å². The summed E-state index contributed by atoms with van der Waals surface area (Å²) in [6.45, 7) is 8.41. The minimum atomic E-state index is 0.551. The Morgan fingerprint density at radius 1 is 1.00 bits per heavy atom. The molecule has 0 bridgehead atoms. The van der Waals surface area contributed by atoms with Crippen molar-refractivity contribution >= 4 is 22.5 Å². The fourth-order valence-corrected chi connectivity index (χ4v) is 3.36. The van der Waals surface area contributed by atoms with Gasteiger partial charge in [-0.25, -0.2) is 15.0 Å². The van der Waals surface area contributed by atoms with Gasteiger partial charge in [-0.3, -0.25) is 9.88 Å². The number of anilines is 2. The average Bonchev–Trinajstić information content (AvgIpc) is 2.64. The van der Waals surface area contributed by atoms with Crippen LogP contribution >= 0.6 is 0 Å². The van der Waals surface area contributed by atoms with E-state index in [-0.39, 0.29) is 0 Å². The number of rotatable bonds is 3. The van der Waals surface area contributed by atoms with Gasteiger partial charge in [-0.15, -0.1) is 0 Å². The SMILES string of the molecule is Cc1cnc(C)c(N2CCN(Cc3nc(N)c4ccccc4n3)CC2)n1. The second kappa shape index (κ2) is 6.84. The molecule has 1 aromatic carbocycles. The van der Waals surface area contributed by atoms with E-state index in [4.69, 9.17) is 5.73 Å². The van der Waals surface area contributed by atoms with Crippen molar-refractivity contribution in [1.82, 2.24) is 24.8 Å². The third-order valence-electron chi connectivity index (χ3n) is 4.77. The number of hydrogen-bond donors (Lipinski definition) is 1. The van der Waals surface area contributed by atoms with Crippen molar-refractivity contribution in [2.75, 3.05) is 36.8 Å². The number of nitrogen functional groups attached to an aromatic ring is 1. The van der Waals surface area contributed by atoms with Crippen LogP contribution < -0.4 is 10.6 Å². The third kappa shape index (κ3) is 3.30. The summed E-state index contributed by atoms with van der Waals surface area (Å²) in [5, 5.41) is 0.912. The van der Waals surface area contributed by atoms with Gasteiger partial charge in [0, 0.05) is 37.8 Å². The largest absolute Gasteiger partial charge is 0.383 e. The summed E-state index contributed by atoms with van der Waals surface area (Å²) in [6.07, 6.45) is 1.82. The van der Waals surface area contributed by atoms with Crippen LogP contribution in [-0.2, 0) is 6.54 Å². The van der Waals surface area contributed by atoms with Gasteiger partial charge < -0.3 is 10.6 Å². The van der Waals surface area contributed by atoms with Crippen LogP contribution in [0.3, 0.4) is 0 Å². The van der Waals surface area contributed by atoms with E-state index in [9.17, 15) is 0 Å².